The monoisotopic (exact) mass is 165 g/mol. The fourth-order valence-corrected chi connectivity index (χ4v) is 0.599. The lowest BCUT2D eigenvalue weighted by Gasteiger charge is -2.19. The van der Waals surface area contributed by atoms with Crippen molar-refractivity contribution in [3.63, 3.8) is 0 Å². The molecule has 0 aromatic rings. The maximum absolute atomic E-state index is 5.26. The first-order valence-corrected chi connectivity index (χ1v) is 3.13. The summed E-state index contributed by atoms with van der Waals surface area (Å²) in [5, 5.41) is 0. The molecule has 2 nitrogen and oxygen atoms in total. The van der Waals surface area contributed by atoms with Crippen LogP contribution in [0.25, 0.3) is 0 Å². The second kappa shape index (κ2) is 7.06. The SMILES string of the molecule is C=CC(OCC)N(C)C.Cl. The topological polar surface area (TPSA) is 12.5 Å². The Morgan fingerprint density at radius 3 is 2.20 bits per heavy atom. The molecule has 0 rings (SSSR count). The van der Waals surface area contributed by atoms with Crippen molar-refractivity contribution in [2.75, 3.05) is 20.7 Å². The van der Waals surface area contributed by atoms with Gasteiger partial charge in [-0.25, -0.2) is 0 Å². The maximum Gasteiger partial charge on any atom is 0.129 e. The average molecular weight is 166 g/mol. The van der Waals surface area contributed by atoms with Crippen LogP contribution < -0.4 is 0 Å². The molecule has 0 saturated heterocycles. The van der Waals surface area contributed by atoms with Crippen molar-refractivity contribution >= 4 is 12.4 Å². The Kier molecular flexibility index (Phi) is 8.91. The third-order valence-corrected chi connectivity index (χ3v) is 1.05. The molecule has 10 heavy (non-hydrogen) atoms. The first-order valence-electron chi connectivity index (χ1n) is 3.13. The lowest BCUT2D eigenvalue weighted by atomic mass is 10.5. The predicted molar refractivity (Wildman–Crippen MR) is 46.5 cm³/mol. The standard InChI is InChI=1S/C7H15NO.ClH/c1-5-7(8(3)4)9-6-2;/h5,7H,1,6H2,2-4H3;1H. The van der Waals surface area contributed by atoms with E-state index in [1.807, 2.05) is 25.9 Å². The molecular weight excluding hydrogens is 150 g/mol. The molecule has 3 heteroatoms. The highest BCUT2D eigenvalue weighted by Gasteiger charge is 2.02. The Morgan fingerprint density at radius 1 is 1.60 bits per heavy atom. The van der Waals surface area contributed by atoms with E-state index in [0.717, 1.165) is 6.61 Å². The normalized spacial score (nSPS) is 12.4. The molecule has 1 atom stereocenters. The molecule has 0 amide bonds. The first-order chi connectivity index (χ1) is 4.22. The zero-order valence-corrected chi connectivity index (χ0v) is 7.65. The fourth-order valence-electron chi connectivity index (χ4n) is 0.599. The van der Waals surface area contributed by atoms with Crippen LogP contribution in [0.5, 0.6) is 0 Å². The molecule has 0 aromatic heterocycles. The van der Waals surface area contributed by atoms with Gasteiger partial charge in [-0.15, -0.1) is 12.4 Å². The molecule has 0 aromatic carbocycles. The van der Waals surface area contributed by atoms with E-state index in [9.17, 15) is 0 Å². The van der Waals surface area contributed by atoms with Crippen molar-refractivity contribution in [3.8, 4) is 0 Å². The van der Waals surface area contributed by atoms with Crippen LogP contribution in [0, 0.1) is 0 Å². The van der Waals surface area contributed by atoms with E-state index in [-0.39, 0.29) is 18.6 Å². The van der Waals surface area contributed by atoms with Gasteiger partial charge in [0.15, 0.2) is 0 Å². The van der Waals surface area contributed by atoms with Crippen molar-refractivity contribution in [1.82, 2.24) is 4.90 Å². The number of ether oxygens (including phenoxy) is 1. The van der Waals surface area contributed by atoms with Gasteiger partial charge in [0, 0.05) is 6.61 Å². The summed E-state index contributed by atoms with van der Waals surface area (Å²) in [5.74, 6) is 0. The quantitative estimate of drug-likeness (QED) is 0.463. The van der Waals surface area contributed by atoms with Crippen molar-refractivity contribution in [2.45, 2.75) is 13.2 Å². The Hall–Kier alpha value is -0.0500. The number of hydrogen-bond acceptors (Lipinski definition) is 2. The summed E-state index contributed by atoms with van der Waals surface area (Å²) < 4.78 is 5.26. The van der Waals surface area contributed by atoms with Crippen molar-refractivity contribution < 1.29 is 4.74 Å². The molecular formula is C7H16ClNO. The number of hydrogen-bond donors (Lipinski definition) is 0. The highest BCUT2D eigenvalue weighted by molar-refractivity contribution is 5.85. The minimum atomic E-state index is 0. The number of halogens is 1. The van der Waals surface area contributed by atoms with E-state index in [0.29, 0.717) is 0 Å². The van der Waals surface area contributed by atoms with Gasteiger partial charge >= 0.3 is 0 Å². The summed E-state index contributed by atoms with van der Waals surface area (Å²) in [4.78, 5) is 1.97. The van der Waals surface area contributed by atoms with Gasteiger partial charge in [0.05, 0.1) is 0 Å². The molecule has 0 heterocycles. The highest BCUT2D eigenvalue weighted by Crippen LogP contribution is 1.94. The van der Waals surface area contributed by atoms with E-state index >= 15 is 0 Å². The largest absolute Gasteiger partial charge is 0.360 e. The molecule has 0 saturated carbocycles. The first kappa shape index (κ1) is 12.6. The predicted octanol–water partition coefficient (Wildman–Crippen LogP) is 1.52. The van der Waals surface area contributed by atoms with E-state index < -0.39 is 0 Å². The Bertz CT molecular complexity index is 85.7. The maximum atomic E-state index is 5.26. The lowest BCUT2D eigenvalue weighted by Crippen LogP contribution is -2.28. The van der Waals surface area contributed by atoms with E-state index in [1.54, 1.807) is 6.08 Å². The minimum absolute atomic E-state index is 0. The zero-order valence-electron chi connectivity index (χ0n) is 6.83. The van der Waals surface area contributed by atoms with Crippen LogP contribution in [-0.4, -0.2) is 31.8 Å². The van der Waals surface area contributed by atoms with Crippen molar-refractivity contribution in [1.29, 1.82) is 0 Å². The smallest absolute Gasteiger partial charge is 0.129 e. The molecule has 0 bridgehead atoms. The Balaban J connectivity index is 0. The average Bonchev–Trinajstić information content (AvgIpc) is 1.82. The summed E-state index contributed by atoms with van der Waals surface area (Å²) in [5.41, 5.74) is 0. The van der Waals surface area contributed by atoms with Crippen LogP contribution in [0.4, 0.5) is 0 Å². The van der Waals surface area contributed by atoms with E-state index in [1.165, 1.54) is 0 Å². The van der Waals surface area contributed by atoms with Gasteiger partial charge in [0.1, 0.15) is 6.23 Å². The van der Waals surface area contributed by atoms with Crippen LogP contribution in [0.3, 0.4) is 0 Å². The summed E-state index contributed by atoms with van der Waals surface area (Å²) in [6, 6.07) is 0. The molecule has 0 aliphatic rings. The molecule has 0 aliphatic heterocycles. The Labute approximate surface area is 69.3 Å². The second-order valence-electron chi connectivity index (χ2n) is 2.05. The van der Waals surface area contributed by atoms with Gasteiger partial charge in [-0.3, -0.25) is 4.90 Å². The van der Waals surface area contributed by atoms with Crippen LogP contribution >= 0.6 is 12.4 Å². The third-order valence-electron chi connectivity index (χ3n) is 1.05. The third kappa shape index (κ3) is 4.79. The van der Waals surface area contributed by atoms with Gasteiger partial charge in [0.2, 0.25) is 0 Å². The molecule has 1 unspecified atom stereocenters. The van der Waals surface area contributed by atoms with Crippen LogP contribution in [0.15, 0.2) is 12.7 Å². The van der Waals surface area contributed by atoms with Gasteiger partial charge in [0.25, 0.3) is 0 Å². The molecule has 62 valence electrons. The van der Waals surface area contributed by atoms with Gasteiger partial charge in [-0.05, 0) is 27.1 Å². The summed E-state index contributed by atoms with van der Waals surface area (Å²) in [7, 11) is 3.92. The molecule has 0 fully saturated rings. The highest BCUT2D eigenvalue weighted by atomic mass is 35.5. The van der Waals surface area contributed by atoms with Gasteiger partial charge in [-0.1, -0.05) is 6.58 Å². The zero-order chi connectivity index (χ0) is 7.28. The molecule has 0 aliphatic carbocycles. The lowest BCUT2D eigenvalue weighted by molar-refractivity contribution is 0.00507. The second-order valence-corrected chi connectivity index (χ2v) is 2.05. The van der Waals surface area contributed by atoms with Gasteiger partial charge in [-0.2, -0.15) is 0 Å². The number of likely N-dealkylation sites (N-methyl/N-ethyl adjacent to an activating group) is 1. The minimum Gasteiger partial charge on any atom is -0.360 e. The van der Waals surface area contributed by atoms with E-state index in [2.05, 4.69) is 6.58 Å². The van der Waals surface area contributed by atoms with Crippen LogP contribution in [-0.2, 0) is 4.74 Å². The summed E-state index contributed by atoms with van der Waals surface area (Å²) >= 11 is 0. The Morgan fingerprint density at radius 2 is 2.10 bits per heavy atom. The van der Waals surface area contributed by atoms with Crippen LogP contribution in [0.2, 0.25) is 0 Å². The number of nitrogens with zero attached hydrogens (tertiary/aromatic N) is 1. The summed E-state index contributed by atoms with van der Waals surface area (Å²) in [6.07, 6.45) is 1.85. The van der Waals surface area contributed by atoms with Gasteiger partial charge < -0.3 is 4.74 Å². The fraction of sp³-hybridized carbons (Fsp3) is 0.714. The van der Waals surface area contributed by atoms with E-state index in [4.69, 9.17) is 4.74 Å². The van der Waals surface area contributed by atoms with Crippen molar-refractivity contribution in [3.05, 3.63) is 12.7 Å². The van der Waals surface area contributed by atoms with Crippen LogP contribution in [0.1, 0.15) is 6.92 Å². The van der Waals surface area contributed by atoms with Crippen molar-refractivity contribution in [2.24, 2.45) is 0 Å². The summed E-state index contributed by atoms with van der Waals surface area (Å²) in [6.45, 7) is 6.34. The molecule has 0 N–H and O–H groups in total. The number of rotatable bonds is 4. The molecule has 0 radical (unpaired) electrons. The molecule has 0 spiro atoms.